The summed E-state index contributed by atoms with van der Waals surface area (Å²) in [6.07, 6.45) is -0.411. The molecule has 0 aliphatic heterocycles. The second-order valence-electron chi connectivity index (χ2n) is 6.92. The fraction of sp³-hybridized carbons (Fsp3) is 0.588. The number of hydrogen-bond donors (Lipinski definition) is 2. The van der Waals surface area contributed by atoms with Gasteiger partial charge >= 0.3 is 6.09 Å². The van der Waals surface area contributed by atoms with Crippen LogP contribution in [0.4, 0.5) is 4.79 Å². The van der Waals surface area contributed by atoms with Crippen molar-refractivity contribution >= 4 is 6.09 Å². The largest absolute Gasteiger partial charge is 0.444 e. The monoisotopic (exact) mass is 292 g/mol. The Balaban J connectivity index is 2.80. The molecule has 0 heterocycles. The molecule has 4 nitrogen and oxygen atoms in total. The van der Waals surface area contributed by atoms with Gasteiger partial charge in [0.2, 0.25) is 0 Å². The van der Waals surface area contributed by atoms with Gasteiger partial charge < -0.3 is 15.8 Å². The van der Waals surface area contributed by atoms with Gasteiger partial charge in [0.25, 0.3) is 0 Å². The van der Waals surface area contributed by atoms with Gasteiger partial charge in [-0.05, 0) is 51.3 Å². The van der Waals surface area contributed by atoms with Crippen LogP contribution in [-0.2, 0) is 10.2 Å². The van der Waals surface area contributed by atoms with E-state index in [0.29, 0.717) is 13.1 Å². The van der Waals surface area contributed by atoms with E-state index >= 15 is 0 Å². The average molecular weight is 292 g/mol. The molecule has 1 aromatic rings. The molecular formula is C17H28N2O2. The Morgan fingerprint density at radius 2 is 1.81 bits per heavy atom. The minimum absolute atomic E-state index is 0.310. The van der Waals surface area contributed by atoms with Crippen LogP contribution < -0.4 is 11.1 Å². The number of aryl methyl sites for hydroxylation is 2. The highest BCUT2D eigenvalue weighted by Crippen LogP contribution is 2.24. The number of rotatable bonds is 4. The number of ether oxygens (including phenoxy) is 1. The van der Waals surface area contributed by atoms with Crippen molar-refractivity contribution in [2.75, 3.05) is 13.1 Å². The van der Waals surface area contributed by atoms with Crippen molar-refractivity contribution < 1.29 is 9.53 Å². The van der Waals surface area contributed by atoms with Gasteiger partial charge in [0.15, 0.2) is 0 Å². The molecule has 1 unspecified atom stereocenters. The number of hydrogen-bond acceptors (Lipinski definition) is 3. The summed E-state index contributed by atoms with van der Waals surface area (Å²) in [4.78, 5) is 11.8. The lowest BCUT2D eigenvalue weighted by molar-refractivity contribution is 0.0516. The molecule has 0 saturated carbocycles. The van der Waals surface area contributed by atoms with Crippen LogP contribution in [0.3, 0.4) is 0 Å². The van der Waals surface area contributed by atoms with Gasteiger partial charge in [0.1, 0.15) is 5.60 Å². The van der Waals surface area contributed by atoms with E-state index in [0.717, 1.165) is 5.56 Å². The summed E-state index contributed by atoms with van der Waals surface area (Å²) in [7, 11) is 0. The van der Waals surface area contributed by atoms with Gasteiger partial charge in [-0.1, -0.05) is 25.1 Å². The molecule has 0 saturated heterocycles. The normalized spacial score (nSPS) is 14.4. The lowest BCUT2D eigenvalue weighted by Crippen LogP contribution is -2.45. The minimum Gasteiger partial charge on any atom is -0.444 e. The fourth-order valence-electron chi connectivity index (χ4n) is 1.99. The molecule has 21 heavy (non-hydrogen) atoms. The van der Waals surface area contributed by atoms with Crippen LogP contribution in [0.1, 0.15) is 44.4 Å². The highest BCUT2D eigenvalue weighted by molar-refractivity contribution is 5.67. The first kappa shape index (κ1) is 17.5. The van der Waals surface area contributed by atoms with Crippen molar-refractivity contribution in [1.29, 1.82) is 0 Å². The van der Waals surface area contributed by atoms with Crippen molar-refractivity contribution in [1.82, 2.24) is 5.32 Å². The first-order valence-corrected chi connectivity index (χ1v) is 7.32. The van der Waals surface area contributed by atoms with Crippen LogP contribution in [0.15, 0.2) is 18.2 Å². The third-order valence-corrected chi connectivity index (χ3v) is 3.68. The molecule has 1 amide bonds. The Labute approximate surface area is 128 Å². The molecule has 0 aliphatic rings. The van der Waals surface area contributed by atoms with E-state index in [-0.39, 0.29) is 5.41 Å². The van der Waals surface area contributed by atoms with Crippen molar-refractivity contribution in [3.8, 4) is 0 Å². The predicted octanol–water partition coefficient (Wildman–Crippen LogP) is 3.04. The molecule has 0 fully saturated rings. The molecular weight excluding hydrogens is 264 g/mol. The second kappa shape index (κ2) is 6.48. The summed E-state index contributed by atoms with van der Waals surface area (Å²) in [5.74, 6) is 0. The molecule has 4 heteroatoms. The number of carbonyl (C=O) groups is 1. The molecule has 3 N–H and O–H groups in total. The Morgan fingerprint density at radius 3 is 2.29 bits per heavy atom. The maximum absolute atomic E-state index is 11.8. The standard InChI is InChI=1S/C17H28N2O2/c1-12-7-8-14(9-13(12)2)17(6,10-18)11-19-15(20)21-16(3,4)5/h7-9H,10-11,18H2,1-6H3,(H,19,20). The van der Waals surface area contributed by atoms with E-state index in [4.69, 9.17) is 10.5 Å². The average Bonchev–Trinajstić information content (AvgIpc) is 2.37. The van der Waals surface area contributed by atoms with E-state index in [2.05, 4.69) is 44.3 Å². The topological polar surface area (TPSA) is 64.3 Å². The van der Waals surface area contributed by atoms with Crippen LogP contribution in [0.5, 0.6) is 0 Å². The molecule has 118 valence electrons. The molecule has 0 aliphatic carbocycles. The lowest BCUT2D eigenvalue weighted by Gasteiger charge is -2.30. The maximum Gasteiger partial charge on any atom is 0.407 e. The van der Waals surface area contributed by atoms with Crippen LogP contribution in [0.25, 0.3) is 0 Å². The molecule has 0 aromatic heterocycles. The lowest BCUT2D eigenvalue weighted by atomic mass is 9.81. The predicted molar refractivity (Wildman–Crippen MR) is 86.6 cm³/mol. The number of benzene rings is 1. The van der Waals surface area contributed by atoms with Gasteiger partial charge in [-0.25, -0.2) is 4.79 Å². The zero-order chi connectivity index (χ0) is 16.3. The summed E-state index contributed by atoms with van der Waals surface area (Å²) in [6.45, 7) is 12.6. The van der Waals surface area contributed by atoms with Gasteiger partial charge in [0, 0.05) is 18.5 Å². The van der Waals surface area contributed by atoms with E-state index < -0.39 is 11.7 Å². The molecule has 0 radical (unpaired) electrons. The first-order valence-electron chi connectivity index (χ1n) is 7.32. The summed E-state index contributed by atoms with van der Waals surface area (Å²) in [6, 6.07) is 6.30. The molecule has 1 atom stereocenters. The van der Waals surface area contributed by atoms with Crippen molar-refractivity contribution in [2.45, 2.75) is 52.6 Å². The van der Waals surface area contributed by atoms with E-state index in [1.54, 1.807) is 0 Å². The zero-order valence-corrected chi connectivity index (χ0v) is 14.0. The summed E-state index contributed by atoms with van der Waals surface area (Å²) < 4.78 is 5.27. The molecule has 1 aromatic carbocycles. The number of carbonyl (C=O) groups excluding carboxylic acids is 1. The summed E-state index contributed by atoms with van der Waals surface area (Å²) in [5, 5.41) is 2.82. The number of nitrogens with two attached hydrogens (primary N) is 1. The molecule has 0 spiro atoms. The van der Waals surface area contributed by atoms with E-state index in [1.807, 2.05) is 20.8 Å². The SMILES string of the molecule is Cc1ccc(C(C)(CN)CNC(=O)OC(C)(C)C)cc1C. The van der Waals surface area contributed by atoms with Gasteiger partial charge in [-0.2, -0.15) is 0 Å². The van der Waals surface area contributed by atoms with Gasteiger partial charge in [0.05, 0.1) is 0 Å². The summed E-state index contributed by atoms with van der Waals surface area (Å²) >= 11 is 0. The quantitative estimate of drug-likeness (QED) is 0.896. The maximum atomic E-state index is 11.8. The van der Waals surface area contributed by atoms with Crippen LogP contribution >= 0.6 is 0 Å². The number of alkyl carbamates (subject to hydrolysis) is 1. The molecule has 0 bridgehead atoms. The zero-order valence-electron chi connectivity index (χ0n) is 14.0. The van der Waals surface area contributed by atoms with Crippen LogP contribution in [-0.4, -0.2) is 24.8 Å². The second-order valence-corrected chi connectivity index (χ2v) is 6.92. The third-order valence-electron chi connectivity index (χ3n) is 3.68. The summed E-state index contributed by atoms with van der Waals surface area (Å²) in [5.41, 5.74) is 8.75. The van der Waals surface area contributed by atoms with E-state index in [9.17, 15) is 4.79 Å². The van der Waals surface area contributed by atoms with Crippen LogP contribution in [0, 0.1) is 13.8 Å². The van der Waals surface area contributed by atoms with E-state index in [1.165, 1.54) is 11.1 Å². The highest BCUT2D eigenvalue weighted by atomic mass is 16.6. The van der Waals surface area contributed by atoms with Crippen LogP contribution in [0.2, 0.25) is 0 Å². The van der Waals surface area contributed by atoms with Crippen molar-refractivity contribution in [3.05, 3.63) is 34.9 Å². The first-order chi connectivity index (χ1) is 9.57. The highest BCUT2D eigenvalue weighted by Gasteiger charge is 2.27. The Hall–Kier alpha value is -1.55. The van der Waals surface area contributed by atoms with Gasteiger partial charge in [-0.3, -0.25) is 0 Å². The smallest absolute Gasteiger partial charge is 0.407 e. The Morgan fingerprint density at radius 1 is 1.19 bits per heavy atom. The molecule has 1 rings (SSSR count). The number of nitrogens with one attached hydrogen (secondary N) is 1. The Bertz CT molecular complexity index is 506. The Kier molecular flexibility index (Phi) is 5.40. The van der Waals surface area contributed by atoms with Crippen molar-refractivity contribution in [3.63, 3.8) is 0 Å². The van der Waals surface area contributed by atoms with Gasteiger partial charge in [-0.15, -0.1) is 0 Å². The van der Waals surface area contributed by atoms with Crippen molar-refractivity contribution in [2.24, 2.45) is 5.73 Å². The third kappa shape index (κ3) is 5.05. The number of amides is 1. The minimum atomic E-state index is -0.496. The fourth-order valence-corrected chi connectivity index (χ4v) is 1.99.